The van der Waals surface area contributed by atoms with Gasteiger partial charge in [0.05, 0.1) is 28.0 Å². The predicted molar refractivity (Wildman–Crippen MR) is 149 cm³/mol. The highest BCUT2D eigenvalue weighted by atomic mass is 35.5. The van der Waals surface area contributed by atoms with Gasteiger partial charge in [-0.05, 0) is 63.2 Å². The smallest absolute Gasteiger partial charge is 0.254 e. The van der Waals surface area contributed by atoms with E-state index in [0.29, 0.717) is 27.8 Å². The minimum Gasteiger partial charge on any atom is -0.354 e. The third-order valence-corrected chi connectivity index (χ3v) is 7.95. The van der Waals surface area contributed by atoms with Crippen LogP contribution in [0.15, 0.2) is 42.5 Å². The zero-order valence-corrected chi connectivity index (χ0v) is 23.4. The first-order valence-electron chi connectivity index (χ1n) is 12.8. The van der Waals surface area contributed by atoms with Gasteiger partial charge in [-0.3, -0.25) is 4.79 Å². The van der Waals surface area contributed by atoms with Gasteiger partial charge in [0.2, 0.25) is 0 Å². The van der Waals surface area contributed by atoms with Crippen molar-refractivity contribution in [3.05, 3.63) is 75.1 Å². The monoisotopic (exact) mass is 545 g/mol. The second-order valence-electron chi connectivity index (χ2n) is 9.52. The summed E-state index contributed by atoms with van der Waals surface area (Å²) < 4.78 is 16.0. The maximum Gasteiger partial charge on any atom is 0.254 e. The Labute approximate surface area is 228 Å². The van der Waals surface area contributed by atoms with Crippen LogP contribution in [0.2, 0.25) is 10.0 Å². The summed E-state index contributed by atoms with van der Waals surface area (Å²) in [6.45, 7) is 13.1. The first-order chi connectivity index (χ1) is 17.7. The van der Waals surface area contributed by atoms with E-state index in [1.807, 2.05) is 29.5 Å². The first-order valence-corrected chi connectivity index (χ1v) is 13.6. The highest BCUT2D eigenvalue weighted by Gasteiger charge is 2.29. The second kappa shape index (κ2) is 11.8. The van der Waals surface area contributed by atoms with Crippen LogP contribution in [0.4, 0.5) is 10.2 Å². The molecule has 9 heteroatoms. The number of anilines is 1. The van der Waals surface area contributed by atoms with Crippen LogP contribution >= 0.6 is 23.2 Å². The van der Waals surface area contributed by atoms with E-state index in [0.717, 1.165) is 56.2 Å². The third-order valence-electron chi connectivity index (χ3n) is 7.21. The van der Waals surface area contributed by atoms with E-state index in [1.165, 1.54) is 12.1 Å². The fourth-order valence-corrected chi connectivity index (χ4v) is 5.03. The van der Waals surface area contributed by atoms with E-state index in [2.05, 4.69) is 23.6 Å². The van der Waals surface area contributed by atoms with Gasteiger partial charge in [-0.2, -0.15) is 5.10 Å². The minimum atomic E-state index is -0.315. The molecule has 2 heterocycles. The van der Waals surface area contributed by atoms with Crippen LogP contribution in [-0.2, 0) is 6.54 Å². The molecule has 0 saturated carbocycles. The lowest BCUT2D eigenvalue weighted by Crippen LogP contribution is -2.47. The summed E-state index contributed by atoms with van der Waals surface area (Å²) in [5.41, 5.74) is 2.92. The number of amides is 1. The molecule has 3 aromatic rings. The molecule has 0 aliphatic carbocycles. The summed E-state index contributed by atoms with van der Waals surface area (Å²) in [5, 5.41) is 5.61. The summed E-state index contributed by atoms with van der Waals surface area (Å²) in [6.07, 6.45) is 0.786. The SMILES string of the molecule is CC[C@H](C)N(Cc1c(C)nn(-c2cccc(F)c2)c1N1CCN(CC)CC1)C(=O)c1ccc(Cl)c(Cl)c1. The maximum absolute atomic E-state index is 14.2. The normalized spacial score (nSPS) is 15.2. The lowest BCUT2D eigenvalue weighted by Gasteiger charge is -2.37. The molecule has 6 nitrogen and oxygen atoms in total. The lowest BCUT2D eigenvalue weighted by molar-refractivity contribution is 0.0671. The van der Waals surface area contributed by atoms with E-state index >= 15 is 0 Å². The summed E-state index contributed by atoms with van der Waals surface area (Å²) >= 11 is 12.3. The average molecular weight is 547 g/mol. The largest absolute Gasteiger partial charge is 0.354 e. The van der Waals surface area contributed by atoms with Crippen molar-refractivity contribution in [1.29, 1.82) is 0 Å². The van der Waals surface area contributed by atoms with Crippen LogP contribution in [0.3, 0.4) is 0 Å². The fraction of sp³-hybridized carbons (Fsp3) is 0.429. The van der Waals surface area contributed by atoms with Crippen molar-refractivity contribution in [2.75, 3.05) is 37.6 Å². The summed E-state index contributed by atoms with van der Waals surface area (Å²) in [6, 6.07) is 11.4. The Balaban J connectivity index is 1.77. The van der Waals surface area contributed by atoms with Gasteiger partial charge in [0.25, 0.3) is 5.91 Å². The molecule has 1 aliphatic rings. The van der Waals surface area contributed by atoms with Gasteiger partial charge in [-0.15, -0.1) is 0 Å². The maximum atomic E-state index is 14.2. The van der Waals surface area contributed by atoms with Gasteiger partial charge < -0.3 is 14.7 Å². The van der Waals surface area contributed by atoms with E-state index in [1.54, 1.807) is 24.3 Å². The number of hydrogen-bond acceptors (Lipinski definition) is 4. The van der Waals surface area contributed by atoms with Crippen molar-refractivity contribution < 1.29 is 9.18 Å². The van der Waals surface area contributed by atoms with E-state index in [-0.39, 0.29) is 17.8 Å². The first kappa shape index (κ1) is 27.4. The molecule has 1 fully saturated rings. The van der Waals surface area contributed by atoms with Crippen molar-refractivity contribution in [1.82, 2.24) is 19.6 Å². The van der Waals surface area contributed by atoms with Crippen LogP contribution < -0.4 is 4.90 Å². The number of hydrogen-bond donors (Lipinski definition) is 0. The molecule has 1 atom stereocenters. The van der Waals surface area contributed by atoms with Crippen molar-refractivity contribution in [3.63, 3.8) is 0 Å². The highest BCUT2D eigenvalue weighted by molar-refractivity contribution is 6.42. The van der Waals surface area contributed by atoms with Crippen LogP contribution in [-0.4, -0.2) is 64.3 Å². The molecule has 2 aromatic carbocycles. The quantitative estimate of drug-likeness (QED) is 0.337. The molecule has 198 valence electrons. The fourth-order valence-electron chi connectivity index (χ4n) is 4.73. The molecular weight excluding hydrogens is 512 g/mol. The number of benzene rings is 2. The van der Waals surface area contributed by atoms with Crippen LogP contribution in [0.1, 0.15) is 48.8 Å². The molecule has 0 unspecified atom stereocenters. The predicted octanol–water partition coefficient (Wildman–Crippen LogP) is 6.21. The average Bonchev–Trinajstić information content (AvgIpc) is 3.23. The number of carbonyl (C=O) groups excluding carboxylic acids is 1. The Bertz CT molecular complexity index is 1260. The Morgan fingerprint density at radius 1 is 1.08 bits per heavy atom. The molecule has 0 bridgehead atoms. The number of rotatable bonds is 8. The molecule has 4 rings (SSSR count). The topological polar surface area (TPSA) is 44.6 Å². The van der Waals surface area contributed by atoms with Crippen LogP contribution in [0.25, 0.3) is 5.69 Å². The van der Waals surface area contributed by atoms with E-state index in [4.69, 9.17) is 28.3 Å². The number of nitrogens with zero attached hydrogens (tertiary/aromatic N) is 5. The van der Waals surface area contributed by atoms with Gasteiger partial charge in [0.1, 0.15) is 11.6 Å². The number of piperazine rings is 1. The Hall–Kier alpha value is -2.61. The van der Waals surface area contributed by atoms with Crippen molar-refractivity contribution in [3.8, 4) is 5.69 Å². The zero-order chi connectivity index (χ0) is 26.7. The second-order valence-corrected chi connectivity index (χ2v) is 10.3. The van der Waals surface area contributed by atoms with Crippen LogP contribution in [0, 0.1) is 12.7 Å². The number of aromatic nitrogens is 2. The third kappa shape index (κ3) is 5.95. The molecule has 1 saturated heterocycles. The van der Waals surface area contributed by atoms with Gasteiger partial charge in [-0.25, -0.2) is 9.07 Å². The Morgan fingerprint density at radius 2 is 1.81 bits per heavy atom. The Morgan fingerprint density at radius 3 is 2.43 bits per heavy atom. The molecule has 1 amide bonds. The van der Waals surface area contributed by atoms with Crippen LogP contribution in [0.5, 0.6) is 0 Å². The zero-order valence-electron chi connectivity index (χ0n) is 21.8. The van der Waals surface area contributed by atoms with Gasteiger partial charge in [0, 0.05) is 43.3 Å². The van der Waals surface area contributed by atoms with E-state index < -0.39 is 0 Å². The highest BCUT2D eigenvalue weighted by Crippen LogP contribution is 2.32. The molecule has 0 N–H and O–H groups in total. The molecule has 0 radical (unpaired) electrons. The van der Waals surface area contributed by atoms with Crippen molar-refractivity contribution >= 4 is 34.9 Å². The van der Waals surface area contributed by atoms with Crippen molar-refractivity contribution in [2.45, 2.75) is 46.7 Å². The minimum absolute atomic E-state index is 0.0244. The van der Waals surface area contributed by atoms with E-state index in [9.17, 15) is 9.18 Å². The summed E-state index contributed by atoms with van der Waals surface area (Å²) in [5.74, 6) is 0.478. The number of halogens is 3. The summed E-state index contributed by atoms with van der Waals surface area (Å²) in [7, 11) is 0. The Kier molecular flexibility index (Phi) is 8.78. The molecule has 37 heavy (non-hydrogen) atoms. The van der Waals surface area contributed by atoms with Gasteiger partial charge in [-0.1, -0.05) is 43.1 Å². The number of carbonyl (C=O) groups is 1. The molecule has 1 aliphatic heterocycles. The molecule has 1 aromatic heterocycles. The number of likely N-dealkylation sites (N-methyl/N-ethyl adjacent to an activating group) is 1. The standard InChI is InChI=1S/C28H34Cl2FN5O/c1-5-19(3)35(28(37)21-10-11-25(29)26(30)16-21)18-24-20(4)32-36(23-9-7-8-22(31)17-23)27(24)34-14-12-33(6-2)13-15-34/h7-11,16-17,19H,5-6,12-15,18H2,1-4H3/t19-/m0/s1. The summed E-state index contributed by atoms with van der Waals surface area (Å²) in [4.78, 5) is 20.3. The molecule has 0 spiro atoms. The van der Waals surface area contributed by atoms with Gasteiger partial charge in [0.15, 0.2) is 0 Å². The van der Waals surface area contributed by atoms with Gasteiger partial charge >= 0.3 is 0 Å². The molecular formula is C28H34Cl2FN5O. The van der Waals surface area contributed by atoms with Crippen molar-refractivity contribution in [2.24, 2.45) is 0 Å². The number of aryl methyl sites for hydroxylation is 1. The lowest BCUT2D eigenvalue weighted by atomic mass is 10.1.